The van der Waals surface area contributed by atoms with Gasteiger partial charge in [0, 0.05) is 12.6 Å². The van der Waals surface area contributed by atoms with E-state index in [1.165, 1.54) is 24.3 Å². The van der Waals surface area contributed by atoms with Gasteiger partial charge in [-0.3, -0.25) is 13.9 Å². The van der Waals surface area contributed by atoms with Crippen LogP contribution in [0.25, 0.3) is 0 Å². The lowest BCUT2D eigenvalue weighted by molar-refractivity contribution is -0.140. The predicted octanol–water partition coefficient (Wildman–Crippen LogP) is 4.99. The number of hydrogen-bond donors (Lipinski definition) is 1. The van der Waals surface area contributed by atoms with Gasteiger partial charge < -0.3 is 10.2 Å². The third kappa shape index (κ3) is 8.32. The van der Waals surface area contributed by atoms with Crippen molar-refractivity contribution in [1.29, 1.82) is 0 Å². The summed E-state index contributed by atoms with van der Waals surface area (Å²) in [5.74, 6) is -1.87. The molecule has 2 atom stereocenters. The van der Waals surface area contributed by atoms with E-state index in [1.54, 1.807) is 13.8 Å². The zero-order valence-electron chi connectivity index (χ0n) is 21.4. The summed E-state index contributed by atoms with van der Waals surface area (Å²) < 4.78 is 79.2. The molecule has 0 aromatic heterocycles. The molecular weight excluding hydrogens is 550 g/mol. The number of rotatable bonds is 11. The van der Waals surface area contributed by atoms with Crippen molar-refractivity contribution in [2.45, 2.75) is 58.4 Å². The number of benzene rings is 2. The Balaban J connectivity index is 2.54. The maximum Gasteiger partial charge on any atom is 0.416 e. The highest BCUT2D eigenvalue weighted by Crippen LogP contribution is 2.36. The molecule has 0 unspecified atom stereocenters. The minimum atomic E-state index is -4.79. The Morgan fingerprint density at radius 2 is 1.66 bits per heavy atom. The summed E-state index contributed by atoms with van der Waals surface area (Å²) in [6, 6.07) is 6.05. The Morgan fingerprint density at radius 3 is 2.16 bits per heavy atom. The van der Waals surface area contributed by atoms with E-state index in [4.69, 9.17) is 11.6 Å². The number of amides is 2. The van der Waals surface area contributed by atoms with Gasteiger partial charge in [-0.25, -0.2) is 12.8 Å². The van der Waals surface area contributed by atoms with Crippen LogP contribution < -0.4 is 9.62 Å². The van der Waals surface area contributed by atoms with Gasteiger partial charge in [0.15, 0.2) is 0 Å². The fraction of sp³-hybridized carbons (Fsp3) is 0.440. The fourth-order valence-electron chi connectivity index (χ4n) is 3.62. The van der Waals surface area contributed by atoms with Crippen LogP contribution >= 0.6 is 11.6 Å². The van der Waals surface area contributed by atoms with Gasteiger partial charge in [0.2, 0.25) is 21.8 Å². The maximum atomic E-state index is 13.6. The maximum absolute atomic E-state index is 13.6. The Bertz CT molecular complexity index is 1240. The number of halogens is 5. The first-order valence-corrected chi connectivity index (χ1v) is 14.0. The summed E-state index contributed by atoms with van der Waals surface area (Å²) in [6.45, 7) is 4.19. The number of nitrogens with one attached hydrogen (secondary N) is 1. The van der Waals surface area contributed by atoms with Crippen LogP contribution in [-0.2, 0) is 32.3 Å². The molecule has 210 valence electrons. The monoisotopic (exact) mass is 579 g/mol. The van der Waals surface area contributed by atoms with E-state index in [9.17, 15) is 35.6 Å². The summed E-state index contributed by atoms with van der Waals surface area (Å²) in [5.41, 5.74) is -1.23. The smallest absolute Gasteiger partial charge is 0.352 e. The van der Waals surface area contributed by atoms with Gasteiger partial charge in [0.1, 0.15) is 18.4 Å². The van der Waals surface area contributed by atoms with Gasteiger partial charge in [0.05, 0.1) is 22.5 Å². The molecule has 2 rings (SSSR count). The Morgan fingerprint density at radius 1 is 1.05 bits per heavy atom. The van der Waals surface area contributed by atoms with E-state index >= 15 is 0 Å². The lowest BCUT2D eigenvalue weighted by atomic mass is 10.1. The molecule has 7 nitrogen and oxygen atoms in total. The Labute approximate surface area is 224 Å². The molecule has 0 fully saturated rings. The van der Waals surface area contributed by atoms with Crippen LogP contribution in [-0.4, -0.2) is 50.0 Å². The molecule has 2 amide bonds. The highest BCUT2D eigenvalue weighted by Gasteiger charge is 2.35. The number of hydrogen-bond acceptors (Lipinski definition) is 4. The van der Waals surface area contributed by atoms with E-state index in [1.807, 2.05) is 6.92 Å². The van der Waals surface area contributed by atoms with Crippen molar-refractivity contribution in [3.63, 3.8) is 0 Å². The third-order valence-corrected chi connectivity index (χ3v) is 7.32. The molecule has 0 spiro atoms. The molecule has 38 heavy (non-hydrogen) atoms. The van der Waals surface area contributed by atoms with Crippen molar-refractivity contribution >= 4 is 39.1 Å². The number of carbonyl (C=O) groups excluding carboxylic acids is 2. The average molecular weight is 580 g/mol. The highest BCUT2D eigenvalue weighted by atomic mass is 35.5. The van der Waals surface area contributed by atoms with E-state index in [0.717, 1.165) is 17.2 Å². The van der Waals surface area contributed by atoms with Crippen LogP contribution in [0.1, 0.15) is 44.7 Å². The normalized spacial score (nSPS) is 13.5. The lowest BCUT2D eigenvalue weighted by Crippen LogP contribution is -2.53. The van der Waals surface area contributed by atoms with Crippen molar-refractivity contribution in [2.24, 2.45) is 0 Å². The first-order valence-electron chi connectivity index (χ1n) is 11.8. The molecule has 0 saturated carbocycles. The molecule has 0 saturated heterocycles. The Kier molecular flexibility index (Phi) is 10.6. The molecule has 0 aliphatic heterocycles. The highest BCUT2D eigenvalue weighted by molar-refractivity contribution is 7.92. The molecule has 0 aliphatic carbocycles. The number of anilines is 1. The number of alkyl halides is 3. The quantitative estimate of drug-likeness (QED) is 0.380. The second kappa shape index (κ2) is 12.8. The van der Waals surface area contributed by atoms with Crippen molar-refractivity contribution in [3.8, 4) is 0 Å². The van der Waals surface area contributed by atoms with E-state index in [-0.39, 0.29) is 24.0 Å². The molecule has 13 heteroatoms. The standard InChI is InChI=1S/C25H30ClF4N3O4S/c1-5-16(3)31-24(35)21(6-2)32(14-17-7-10-19(27)11-8-17)23(34)15-33(38(4,36)37)22-13-18(25(28,29)30)9-12-20(22)26/h7-13,16,21H,5-6,14-15H2,1-4H3,(H,31,35)/t16-,21+/m1/s1. The second-order valence-corrected chi connectivity index (χ2v) is 11.1. The lowest BCUT2D eigenvalue weighted by Gasteiger charge is -2.33. The largest absolute Gasteiger partial charge is 0.416 e. The number of nitrogens with zero attached hydrogens (tertiary/aromatic N) is 2. The van der Waals surface area contributed by atoms with Crippen LogP contribution in [0.15, 0.2) is 42.5 Å². The Hall–Kier alpha value is -2.86. The summed E-state index contributed by atoms with van der Waals surface area (Å²) in [4.78, 5) is 27.8. The van der Waals surface area contributed by atoms with E-state index in [2.05, 4.69) is 5.32 Å². The van der Waals surface area contributed by atoms with Gasteiger partial charge in [-0.05, 0) is 55.7 Å². The topological polar surface area (TPSA) is 86.8 Å². The minimum absolute atomic E-state index is 0.151. The molecule has 1 N–H and O–H groups in total. The van der Waals surface area contributed by atoms with Gasteiger partial charge in [0.25, 0.3) is 0 Å². The first-order chi connectivity index (χ1) is 17.6. The summed E-state index contributed by atoms with van der Waals surface area (Å²) >= 11 is 6.07. The SMILES string of the molecule is CC[C@@H](C)NC(=O)[C@H](CC)N(Cc1ccc(F)cc1)C(=O)CN(c1cc(C(F)(F)F)ccc1Cl)S(C)(=O)=O. The molecule has 0 radical (unpaired) electrons. The van der Waals surface area contributed by atoms with Crippen LogP contribution in [0.3, 0.4) is 0 Å². The second-order valence-electron chi connectivity index (χ2n) is 8.82. The first kappa shape index (κ1) is 31.4. The van der Waals surface area contributed by atoms with Crippen molar-refractivity contribution < 1.29 is 35.6 Å². The van der Waals surface area contributed by atoms with Crippen LogP contribution in [0.4, 0.5) is 23.2 Å². The van der Waals surface area contributed by atoms with Crippen molar-refractivity contribution in [2.75, 3.05) is 17.1 Å². The van der Waals surface area contributed by atoms with E-state index < -0.39 is 57.7 Å². The van der Waals surface area contributed by atoms with Gasteiger partial charge in [-0.15, -0.1) is 0 Å². The third-order valence-electron chi connectivity index (χ3n) is 5.87. The average Bonchev–Trinajstić information content (AvgIpc) is 2.82. The zero-order chi connectivity index (χ0) is 28.8. The van der Waals surface area contributed by atoms with Crippen LogP contribution in [0.5, 0.6) is 0 Å². The molecule has 0 heterocycles. The van der Waals surface area contributed by atoms with Gasteiger partial charge in [-0.1, -0.05) is 37.6 Å². The molecule has 0 aliphatic rings. The van der Waals surface area contributed by atoms with E-state index in [0.29, 0.717) is 28.4 Å². The number of sulfonamides is 1. The summed E-state index contributed by atoms with van der Waals surface area (Å²) in [5, 5.41) is 2.47. The zero-order valence-corrected chi connectivity index (χ0v) is 22.9. The number of carbonyl (C=O) groups is 2. The van der Waals surface area contributed by atoms with Crippen LogP contribution in [0, 0.1) is 5.82 Å². The predicted molar refractivity (Wildman–Crippen MR) is 138 cm³/mol. The van der Waals surface area contributed by atoms with Gasteiger partial charge >= 0.3 is 6.18 Å². The molecular formula is C25H30ClF4N3O4S. The van der Waals surface area contributed by atoms with Crippen LogP contribution in [0.2, 0.25) is 5.02 Å². The van der Waals surface area contributed by atoms with Gasteiger partial charge in [-0.2, -0.15) is 13.2 Å². The molecule has 0 bridgehead atoms. The summed E-state index contributed by atoms with van der Waals surface area (Å²) in [7, 11) is -4.30. The van der Waals surface area contributed by atoms with Crippen molar-refractivity contribution in [3.05, 3.63) is 64.4 Å². The van der Waals surface area contributed by atoms with Crippen molar-refractivity contribution in [1.82, 2.24) is 10.2 Å². The minimum Gasteiger partial charge on any atom is -0.352 e. The summed E-state index contributed by atoms with van der Waals surface area (Å²) in [6.07, 6.45) is -3.29. The molecule has 2 aromatic carbocycles. The fourth-order valence-corrected chi connectivity index (χ4v) is 4.74. The molecule has 2 aromatic rings.